The molecule has 0 spiro atoms. The summed E-state index contributed by atoms with van der Waals surface area (Å²) in [5.74, 6) is 0. The summed E-state index contributed by atoms with van der Waals surface area (Å²) in [5, 5.41) is 0. The number of hydrogen-bond donors (Lipinski definition) is 0. The monoisotopic (exact) mass is 354 g/mol. The van der Waals surface area contributed by atoms with Crippen LogP contribution in [0.15, 0.2) is 0 Å². The standard InChI is InChI=1S/C13H22OSe2/c14-13(15-11-7-3-1-4-8-11)16-12-9-5-2-6-10-12/h11-12H,1-10H2. The molecule has 0 radical (unpaired) electrons. The summed E-state index contributed by atoms with van der Waals surface area (Å²) in [6.07, 6.45) is 13.8. The van der Waals surface area contributed by atoms with E-state index >= 15 is 0 Å². The predicted octanol–water partition coefficient (Wildman–Crippen LogP) is 4.02. The van der Waals surface area contributed by atoms with E-state index in [0.29, 0.717) is 33.5 Å². The third kappa shape index (κ3) is 4.53. The summed E-state index contributed by atoms with van der Waals surface area (Å²) in [5.41, 5.74) is 0. The average molecular weight is 352 g/mol. The van der Waals surface area contributed by atoms with Crippen molar-refractivity contribution in [3.8, 4) is 0 Å². The van der Waals surface area contributed by atoms with Gasteiger partial charge in [0.25, 0.3) is 0 Å². The van der Waals surface area contributed by atoms with Gasteiger partial charge in [0, 0.05) is 0 Å². The van der Waals surface area contributed by atoms with E-state index in [4.69, 9.17) is 0 Å². The Labute approximate surface area is 112 Å². The van der Waals surface area contributed by atoms with Crippen molar-refractivity contribution in [1.29, 1.82) is 0 Å². The minimum absolute atomic E-state index is 0.345. The van der Waals surface area contributed by atoms with Gasteiger partial charge in [0.15, 0.2) is 0 Å². The summed E-state index contributed by atoms with van der Waals surface area (Å²) in [6.45, 7) is 0. The Balaban J connectivity index is 1.66. The number of carbonyl (C=O) groups is 1. The second-order valence-corrected chi connectivity index (χ2v) is 11.7. The van der Waals surface area contributed by atoms with E-state index in [1.54, 1.807) is 0 Å². The predicted molar refractivity (Wildman–Crippen MR) is 70.6 cm³/mol. The van der Waals surface area contributed by atoms with Gasteiger partial charge >= 0.3 is 112 Å². The summed E-state index contributed by atoms with van der Waals surface area (Å²) in [4.78, 5) is 13.7. The SMILES string of the molecule is O=C([Se]C1CCCCC1)[Se]C1CCCCC1. The van der Waals surface area contributed by atoms with Crippen LogP contribution >= 0.6 is 0 Å². The molecule has 0 N–H and O–H groups in total. The van der Waals surface area contributed by atoms with Crippen LogP contribution in [-0.2, 0) is 0 Å². The summed E-state index contributed by atoms with van der Waals surface area (Å²) < 4.78 is 0.693. The van der Waals surface area contributed by atoms with Crippen LogP contribution in [0.3, 0.4) is 0 Å². The second-order valence-electron chi connectivity index (χ2n) is 5.01. The van der Waals surface area contributed by atoms with Crippen LogP contribution in [0, 0.1) is 0 Å². The Morgan fingerprint density at radius 2 is 1.06 bits per heavy atom. The molecule has 0 aromatic heterocycles. The van der Waals surface area contributed by atoms with Crippen molar-refractivity contribution in [3.05, 3.63) is 0 Å². The van der Waals surface area contributed by atoms with Crippen molar-refractivity contribution in [2.75, 3.05) is 0 Å². The van der Waals surface area contributed by atoms with Gasteiger partial charge in [-0.25, -0.2) is 0 Å². The number of rotatable bonds is 4. The Hall–Kier alpha value is 0.709. The molecule has 16 heavy (non-hydrogen) atoms. The number of hydrogen-bond acceptors (Lipinski definition) is 1. The maximum absolute atomic E-state index is 12.0. The molecule has 0 aromatic rings. The van der Waals surface area contributed by atoms with Gasteiger partial charge in [0.1, 0.15) is 0 Å². The molecule has 1 nitrogen and oxygen atoms in total. The zero-order valence-electron chi connectivity index (χ0n) is 9.95. The van der Waals surface area contributed by atoms with Gasteiger partial charge in [0.2, 0.25) is 0 Å². The Kier molecular flexibility index (Phi) is 5.93. The molecule has 2 fully saturated rings. The van der Waals surface area contributed by atoms with Gasteiger partial charge in [-0.05, 0) is 0 Å². The first-order valence-electron chi connectivity index (χ1n) is 6.72. The molecule has 0 saturated heterocycles. The van der Waals surface area contributed by atoms with Crippen molar-refractivity contribution in [2.24, 2.45) is 0 Å². The Bertz CT molecular complexity index is 196. The molecule has 0 atom stereocenters. The molecule has 2 saturated carbocycles. The van der Waals surface area contributed by atoms with Crippen LogP contribution in [0.2, 0.25) is 9.63 Å². The third-order valence-corrected chi connectivity index (χ3v) is 9.91. The van der Waals surface area contributed by atoms with E-state index < -0.39 is 0 Å². The van der Waals surface area contributed by atoms with Crippen molar-refractivity contribution < 1.29 is 4.79 Å². The first-order valence-corrected chi connectivity index (χ1v) is 10.4. The molecule has 0 aliphatic heterocycles. The quantitative estimate of drug-likeness (QED) is 0.699. The van der Waals surface area contributed by atoms with Gasteiger partial charge in [0.05, 0.1) is 0 Å². The van der Waals surface area contributed by atoms with Crippen LogP contribution in [0.25, 0.3) is 0 Å². The molecular weight excluding hydrogens is 330 g/mol. The van der Waals surface area contributed by atoms with Crippen LogP contribution in [0.1, 0.15) is 64.2 Å². The zero-order chi connectivity index (χ0) is 11.2. The first-order chi connectivity index (χ1) is 7.84. The van der Waals surface area contributed by atoms with E-state index in [1.165, 1.54) is 64.2 Å². The van der Waals surface area contributed by atoms with Crippen LogP contribution in [-0.4, -0.2) is 33.5 Å². The minimum atomic E-state index is 0.345. The van der Waals surface area contributed by atoms with Gasteiger partial charge < -0.3 is 0 Å². The van der Waals surface area contributed by atoms with Gasteiger partial charge in [-0.3, -0.25) is 0 Å². The van der Waals surface area contributed by atoms with Crippen molar-refractivity contribution >= 4 is 33.5 Å². The van der Waals surface area contributed by atoms with Crippen molar-refractivity contribution in [1.82, 2.24) is 0 Å². The topological polar surface area (TPSA) is 17.1 Å². The molecule has 2 aliphatic carbocycles. The summed E-state index contributed by atoms with van der Waals surface area (Å²) >= 11 is 0.690. The fourth-order valence-corrected chi connectivity index (χ4v) is 9.89. The van der Waals surface area contributed by atoms with Crippen molar-refractivity contribution in [2.45, 2.75) is 73.8 Å². The maximum atomic E-state index is 12.0. The van der Waals surface area contributed by atoms with Crippen LogP contribution < -0.4 is 0 Å². The van der Waals surface area contributed by atoms with E-state index in [2.05, 4.69) is 0 Å². The third-order valence-electron chi connectivity index (χ3n) is 3.63. The molecule has 2 aliphatic rings. The Morgan fingerprint density at radius 1 is 0.688 bits per heavy atom. The zero-order valence-corrected chi connectivity index (χ0v) is 13.4. The normalized spacial score (nSPS) is 24.5. The molecular formula is C13H22OSe2. The average Bonchev–Trinajstić information content (AvgIpc) is 2.31. The summed E-state index contributed by atoms with van der Waals surface area (Å²) in [6, 6.07) is 0. The van der Waals surface area contributed by atoms with E-state index in [9.17, 15) is 4.79 Å². The molecule has 0 amide bonds. The second kappa shape index (κ2) is 7.21. The molecule has 0 unspecified atom stereocenters. The van der Waals surface area contributed by atoms with Gasteiger partial charge in [-0.15, -0.1) is 0 Å². The fraction of sp³-hybridized carbons (Fsp3) is 0.923. The molecule has 2 rings (SSSR count). The molecule has 3 heteroatoms. The summed E-state index contributed by atoms with van der Waals surface area (Å²) in [7, 11) is 0. The van der Waals surface area contributed by atoms with E-state index in [-0.39, 0.29) is 0 Å². The molecule has 0 heterocycles. The van der Waals surface area contributed by atoms with Crippen molar-refractivity contribution in [3.63, 3.8) is 0 Å². The first kappa shape index (κ1) is 13.1. The Morgan fingerprint density at radius 3 is 1.44 bits per heavy atom. The van der Waals surface area contributed by atoms with Gasteiger partial charge in [-0.1, -0.05) is 0 Å². The number of carbonyl (C=O) groups excluding carboxylic acids is 1. The van der Waals surface area contributed by atoms with Crippen LogP contribution in [0.4, 0.5) is 4.79 Å². The molecule has 92 valence electrons. The molecule has 0 bridgehead atoms. The van der Waals surface area contributed by atoms with Crippen LogP contribution in [0.5, 0.6) is 0 Å². The van der Waals surface area contributed by atoms with E-state index in [1.807, 2.05) is 0 Å². The van der Waals surface area contributed by atoms with E-state index in [0.717, 1.165) is 9.63 Å². The van der Waals surface area contributed by atoms with Gasteiger partial charge in [-0.2, -0.15) is 0 Å². The molecule has 0 aromatic carbocycles. The fourth-order valence-electron chi connectivity index (χ4n) is 2.67.